The fourth-order valence-corrected chi connectivity index (χ4v) is 2.72. The number of fused-ring (bicyclic) bond motifs is 1. The molecule has 4 nitrogen and oxygen atoms in total. The van der Waals surface area contributed by atoms with Crippen LogP contribution in [0.5, 0.6) is 5.75 Å². The molecule has 23 heavy (non-hydrogen) atoms. The zero-order chi connectivity index (χ0) is 16.2. The van der Waals surface area contributed by atoms with Crippen LogP contribution in [0.2, 0.25) is 0 Å². The largest absolute Gasteiger partial charge is 0.493 e. The van der Waals surface area contributed by atoms with E-state index in [0.717, 1.165) is 24.3 Å². The van der Waals surface area contributed by atoms with Crippen molar-refractivity contribution in [2.24, 2.45) is 0 Å². The predicted octanol–water partition coefficient (Wildman–Crippen LogP) is 3.51. The Morgan fingerprint density at radius 3 is 2.96 bits per heavy atom. The number of halogens is 1. The molecule has 2 amide bonds. The molecule has 2 aromatic carbocycles. The lowest BCUT2D eigenvalue weighted by Gasteiger charge is -2.15. The molecule has 0 spiro atoms. The molecular formula is C18H19FN2O2. The monoisotopic (exact) mass is 314 g/mol. The first-order valence-corrected chi connectivity index (χ1v) is 7.68. The number of carbonyl (C=O) groups is 1. The molecule has 1 heterocycles. The summed E-state index contributed by atoms with van der Waals surface area (Å²) in [7, 11) is 0. The van der Waals surface area contributed by atoms with E-state index < -0.39 is 11.8 Å². The molecule has 1 aliphatic rings. The lowest BCUT2D eigenvalue weighted by Crippen LogP contribution is -2.37. The van der Waals surface area contributed by atoms with E-state index in [1.807, 2.05) is 19.1 Å². The van der Waals surface area contributed by atoms with Gasteiger partial charge in [-0.2, -0.15) is 0 Å². The highest BCUT2D eigenvalue weighted by molar-refractivity contribution is 5.89. The molecule has 1 atom stereocenters. The summed E-state index contributed by atoms with van der Waals surface area (Å²) in [5.41, 5.74) is 2.53. The van der Waals surface area contributed by atoms with E-state index in [0.29, 0.717) is 6.42 Å². The van der Waals surface area contributed by atoms with Crippen molar-refractivity contribution >= 4 is 11.7 Å². The number of ether oxygens (including phenoxy) is 1. The van der Waals surface area contributed by atoms with Crippen molar-refractivity contribution in [1.82, 2.24) is 5.32 Å². The molecule has 5 heteroatoms. The second-order valence-corrected chi connectivity index (χ2v) is 5.72. The first-order chi connectivity index (χ1) is 11.1. The third-order valence-electron chi connectivity index (χ3n) is 3.80. The summed E-state index contributed by atoms with van der Waals surface area (Å²) in [6.45, 7) is 2.66. The van der Waals surface area contributed by atoms with Gasteiger partial charge >= 0.3 is 6.03 Å². The van der Waals surface area contributed by atoms with Crippen LogP contribution in [0.1, 0.15) is 18.1 Å². The van der Waals surface area contributed by atoms with Crippen LogP contribution in [-0.2, 0) is 12.8 Å². The van der Waals surface area contributed by atoms with Gasteiger partial charge in [-0.25, -0.2) is 9.18 Å². The number of para-hydroxylation sites is 1. The zero-order valence-corrected chi connectivity index (χ0v) is 12.9. The summed E-state index contributed by atoms with van der Waals surface area (Å²) < 4.78 is 19.0. The number of amides is 2. The van der Waals surface area contributed by atoms with Gasteiger partial charge in [-0.1, -0.05) is 24.3 Å². The van der Waals surface area contributed by atoms with Crippen LogP contribution in [0, 0.1) is 5.82 Å². The van der Waals surface area contributed by atoms with Crippen LogP contribution in [0.25, 0.3) is 0 Å². The maximum atomic E-state index is 13.5. The molecule has 0 aliphatic carbocycles. The average Bonchev–Trinajstić information content (AvgIpc) is 2.97. The van der Waals surface area contributed by atoms with Crippen molar-refractivity contribution in [3.05, 3.63) is 59.4 Å². The Labute approximate surface area is 134 Å². The molecule has 2 N–H and O–H groups in total. The van der Waals surface area contributed by atoms with Crippen molar-refractivity contribution in [1.29, 1.82) is 0 Å². The molecule has 1 aliphatic heterocycles. The standard InChI is InChI=1S/C18H19FN2O2/c1-12(10-13-6-7-17-14(11-13)8-9-23-17)20-18(22)21-16-5-3-2-4-15(16)19/h2-7,11-12H,8-10H2,1H3,(H2,20,21,22). The van der Waals surface area contributed by atoms with E-state index in [2.05, 4.69) is 16.7 Å². The van der Waals surface area contributed by atoms with Crippen molar-refractivity contribution < 1.29 is 13.9 Å². The van der Waals surface area contributed by atoms with Gasteiger partial charge in [0.1, 0.15) is 11.6 Å². The molecular weight excluding hydrogens is 295 g/mol. The lowest BCUT2D eigenvalue weighted by atomic mass is 10.0. The van der Waals surface area contributed by atoms with Gasteiger partial charge in [0.05, 0.1) is 12.3 Å². The second kappa shape index (κ2) is 6.69. The highest BCUT2D eigenvalue weighted by Crippen LogP contribution is 2.26. The number of hydrogen-bond donors (Lipinski definition) is 2. The smallest absolute Gasteiger partial charge is 0.319 e. The Morgan fingerprint density at radius 1 is 1.30 bits per heavy atom. The van der Waals surface area contributed by atoms with Gasteiger partial charge in [-0.15, -0.1) is 0 Å². The van der Waals surface area contributed by atoms with Gasteiger partial charge in [0.15, 0.2) is 0 Å². The van der Waals surface area contributed by atoms with Crippen LogP contribution in [0.15, 0.2) is 42.5 Å². The fraction of sp³-hybridized carbons (Fsp3) is 0.278. The number of carbonyl (C=O) groups excluding carboxylic acids is 1. The lowest BCUT2D eigenvalue weighted by molar-refractivity contribution is 0.249. The van der Waals surface area contributed by atoms with Crippen molar-refractivity contribution in [3.63, 3.8) is 0 Å². The highest BCUT2D eigenvalue weighted by Gasteiger charge is 2.14. The molecule has 0 bridgehead atoms. The average molecular weight is 314 g/mol. The van der Waals surface area contributed by atoms with Crippen LogP contribution >= 0.6 is 0 Å². The minimum atomic E-state index is -0.450. The number of hydrogen-bond acceptors (Lipinski definition) is 2. The summed E-state index contributed by atoms with van der Waals surface area (Å²) >= 11 is 0. The fourth-order valence-electron chi connectivity index (χ4n) is 2.72. The van der Waals surface area contributed by atoms with Gasteiger partial charge in [-0.05, 0) is 42.7 Å². The Balaban J connectivity index is 1.55. The van der Waals surface area contributed by atoms with E-state index in [9.17, 15) is 9.18 Å². The van der Waals surface area contributed by atoms with Crippen molar-refractivity contribution in [3.8, 4) is 5.75 Å². The third-order valence-corrected chi connectivity index (χ3v) is 3.80. The van der Waals surface area contributed by atoms with Gasteiger partial charge in [-0.3, -0.25) is 0 Å². The number of anilines is 1. The van der Waals surface area contributed by atoms with Crippen molar-refractivity contribution in [2.75, 3.05) is 11.9 Å². The number of nitrogens with one attached hydrogen (secondary N) is 2. The number of rotatable bonds is 4. The van der Waals surface area contributed by atoms with Crippen LogP contribution in [0.3, 0.4) is 0 Å². The maximum Gasteiger partial charge on any atom is 0.319 e. The predicted molar refractivity (Wildman–Crippen MR) is 87.4 cm³/mol. The van der Waals surface area contributed by atoms with Crippen LogP contribution < -0.4 is 15.4 Å². The van der Waals surface area contributed by atoms with Crippen molar-refractivity contribution in [2.45, 2.75) is 25.8 Å². The van der Waals surface area contributed by atoms with Gasteiger partial charge in [0.25, 0.3) is 0 Å². The van der Waals surface area contributed by atoms with E-state index in [-0.39, 0.29) is 11.7 Å². The molecule has 3 rings (SSSR count). The Kier molecular flexibility index (Phi) is 4.46. The minimum Gasteiger partial charge on any atom is -0.493 e. The van der Waals surface area contributed by atoms with Gasteiger partial charge in [0.2, 0.25) is 0 Å². The van der Waals surface area contributed by atoms with E-state index >= 15 is 0 Å². The maximum absolute atomic E-state index is 13.5. The zero-order valence-electron chi connectivity index (χ0n) is 12.9. The third kappa shape index (κ3) is 3.80. The molecule has 0 saturated heterocycles. The molecule has 0 fully saturated rings. The van der Waals surface area contributed by atoms with Gasteiger partial charge in [0, 0.05) is 12.5 Å². The molecule has 0 radical (unpaired) electrons. The summed E-state index contributed by atoms with van der Waals surface area (Å²) in [6, 6.07) is 11.7. The first kappa shape index (κ1) is 15.3. The second-order valence-electron chi connectivity index (χ2n) is 5.72. The quantitative estimate of drug-likeness (QED) is 0.907. The topological polar surface area (TPSA) is 50.4 Å². The Bertz CT molecular complexity index is 718. The van der Waals surface area contributed by atoms with Crippen LogP contribution in [-0.4, -0.2) is 18.7 Å². The SMILES string of the molecule is CC(Cc1ccc2c(c1)CCO2)NC(=O)Nc1ccccc1F. The van der Waals surface area contributed by atoms with E-state index in [1.165, 1.54) is 17.7 Å². The summed E-state index contributed by atoms with van der Waals surface area (Å²) in [4.78, 5) is 11.9. The first-order valence-electron chi connectivity index (χ1n) is 7.68. The van der Waals surface area contributed by atoms with Gasteiger partial charge < -0.3 is 15.4 Å². The van der Waals surface area contributed by atoms with E-state index in [1.54, 1.807) is 12.1 Å². The molecule has 0 saturated carbocycles. The molecule has 120 valence electrons. The van der Waals surface area contributed by atoms with Crippen LogP contribution in [0.4, 0.5) is 14.9 Å². The molecule has 0 aromatic heterocycles. The number of benzene rings is 2. The minimum absolute atomic E-state index is 0.0675. The highest BCUT2D eigenvalue weighted by atomic mass is 19.1. The summed E-state index contributed by atoms with van der Waals surface area (Å²) in [6.07, 6.45) is 1.64. The summed E-state index contributed by atoms with van der Waals surface area (Å²) in [5, 5.41) is 5.35. The number of urea groups is 1. The molecule has 1 unspecified atom stereocenters. The normalized spacial score (nSPS) is 13.8. The van der Waals surface area contributed by atoms with E-state index in [4.69, 9.17) is 4.74 Å². The Hall–Kier alpha value is -2.56. The molecule has 2 aromatic rings. The summed E-state index contributed by atoms with van der Waals surface area (Å²) in [5.74, 6) is 0.501. The Morgan fingerprint density at radius 2 is 2.13 bits per heavy atom.